The average Bonchev–Trinajstić information content (AvgIpc) is 2.87. The maximum Gasteiger partial charge on any atom is 0.248 e. The van der Waals surface area contributed by atoms with Crippen LogP contribution in [0.5, 0.6) is 0 Å². The van der Waals surface area contributed by atoms with Gasteiger partial charge in [0.25, 0.3) is 0 Å². The number of sulfonamides is 1. The summed E-state index contributed by atoms with van der Waals surface area (Å²) in [6, 6.07) is 13.6. The van der Waals surface area contributed by atoms with Crippen molar-refractivity contribution in [2.75, 3.05) is 37.1 Å². The van der Waals surface area contributed by atoms with Crippen LogP contribution in [0, 0.1) is 0 Å². The van der Waals surface area contributed by atoms with Gasteiger partial charge in [0.15, 0.2) is 0 Å². The van der Waals surface area contributed by atoms with Crippen LogP contribution in [0.4, 0.5) is 17.1 Å². The van der Waals surface area contributed by atoms with E-state index < -0.39 is 15.6 Å². The number of aliphatic hydroxyl groups excluding tert-OH is 1. The molecule has 0 amide bonds. The van der Waals surface area contributed by atoms with Crippen molar-refractivity contribution in [3.05, 3.63) is 48.0 Å². The van der Waals surface area contributed by atoms with E-state index in [-0.39, 0.29) is 20.2 Å². The topological polar surface area (TPSA) is 64.1 Å². The molecule has 0 spiro atoms. The number of para-hydroxylation sites is 1. The van der Waals surface area contributed by atoms with Gasteiger partial charge in [0.2, 0.25) is 10.0 Å². The van der Waals surface area contributed by atoms with E-state index in [2.05, 4.69) is 18.7 Å². The number of hydrogen-bond acceptors (Lipinski definition) is 5. The van der Waals surface area contributed by atoms with Crippen LogP contribution < -0.4 is 9.80 Å². The lowest BCUT2D eigenvalue weighted by molar-refractivity contribution is 0.256. The highest BCUT2D eigenvalue weighted by Gasteiger charge is 2.47. The second-order valence-electron chi connectivity index (χ2n) is 8.60. The van der Waals surface area contributed by atoms with E-state index in [4.69, 9.17) is 0 Å². The van der Waals surface area contributed by atoms with E-state index in [0.29, 0.717) is 17.8 Å². The Morgan fingerprint density at radius 1 is 1.16 bits per heavy atom. The van der Waals surface area contributed by atoms with Gasteiger partial charge >= 0.3 is 0 Å². The second kappa shape index (κ2) is 10.1. The fourth-order valence-corrected chi connectivity index (χ4v) is 8.45. The molecule has 2 aromatic carbocycles. The third kappa shape index (κ3) is 4.41. The number of aliphatic hydroxyl groups is 1. The third-order valence-corrected chi connectivity index (χ3v) is 10.3. The third-order valence-electron chi connectivity index (χ3n) is 6.43. The van der Waals surface area contributed by atoms with Crippen LogP contribution in [0.2, 0.25) is 0 Å². The molecule has 0 saturated heterocycles. The molecule has 0 fully saturated rings. The van der Waals surface area contributed by atoms with Gasteiger partial charge in [-0.2, -0.15) is 4.08 Å². The van der Waals surface area contributed by atoms with E-state index in [0.717, 1.165) is 37.1 Å². The van der Waals surface area contributed by atoms with Gasteiger partial charge in [-0.25, -0.2) is 8.42 Å². The van der Waals surface area contributed by atoms with Crippen molar-refractivity contribution < 1.29 is 13.5 Å². The summed E-state index contributed by atoms with van der Waals surface area (Å²) in [4.78, 5) is 4.37. The number of rotatable bonds is 8. The molecule has 32 heavy (non-hydrogen) atoms. The predicted octanol–water partition coefficient (Wildman–Crippen LogP) is 4.95. The summed E-state index contributed by atoms with van der Waals surface area (Å²) in [6.45, 7) is 6.57. The van der Waals surface area contributed by atoms with Crippen molar-refractivity contribution >= 4 is 35.8 Å². The zero-order valence-corrected chi connectivity index (χ0v) is 21.6. The Morgan fingerprint density at radius 2 is 1.84 bits per heavy atom. The average molecular weight is 478 g/mol. The summed E-state index contributed by atoms with van der Waals surface area (Å²) in [5.41, 5.74) is 2.58. The highest BCUT2D eigenvalue weighted by atomic mass is 32.2. The molecule has 2 unspecified atom stereocenters. The molecule has 176 valence electrons. The molecular formula is C24H36N3O3PS. The highest BCUT2D eigenvalue weighted by Crippen LogP contribution is 2.49. The van der Waals surface area contributed by atoms with Gasteiger partial charge < -0.3 is 14.9 Å². The molecule has 2 aromatic rings. The van der Waals surface area contributed by atoms with E-state index >= 15 is 0 Å². The minimum atomic E-state index is -3.76. The molecule has 3 rings (SSSR count). The van der Waals surface area contributed by atoms with Crippen LogP contribution in [0.15, 0.2) is 47.4 Å². The van der Waals surface area contributed by atoms with E-state index in [1.165, 1.54) is 0 Å². The van der Waals surface area contributed by atoms with Crippen LogP contribution >= 0.6 is 8.73 Å². The molecule has 0 aromatic heterocycles. The zero-order valence-electron chi connectivity index (χ0n) is 19.8. The van der Waals surface area contributed by atoms with E-state index in [1.54, 1.807) is 10.1 Å². The van der Waals surface area contributed by atoms with Crippen molar-refractivity contribution in [2.24, 2.45) is 0 Å². The maximum atomic E-state index is 14.1. The first kappa shape index (κ1) is 25.0. The smallest absolute Gasteiger partial charge is 0.248 e. The molecule has 2 atom stereocenters. The highest BCUT2D eigenvalue weighted by molar-refractivity contribution is 7.93. The number of anilines is 3. The van der Waals surface area contributed by atoms with Crippen LogP contribution in [-0.2, 0) is 16.6 Å². The first-order chi connectivity index (χ1) is 15.3. The fourth-order valence-electron chi connectivity index (χ4n) is 4.67. The molecule has 1 aliphatic rings. The first-order valence-electron chi connectivity index (χ1n) is 11.3. The van der Waals surface area contributed by atoms with Crippen LogP contribution in [0.3, 0.4) is 0 Å². The standard InChI is InChI=1S/C24H36N3O3PS/c1-6-8-14-24(7-2)18-26(20-12-10-9-11-13-20)22-16-21(25(3)4)19(17-28)15-23(22)32(29,30)27(24)31-5/h9-13,15-16,28,31H,6-8,14,17-18H2,1-5H3. The molecule has 0 bridgehead atoms. The summed E-state index contributed by atoms with van der Waals surface area (Å²) in [5, 5.41) is 10.0. The molecule has 0 aliphatic carbocycles. The molecule has 0 radical (unpaired) electrons. The Bertz CT molecular complexity index is 1030. The van der Waals surface area contributed by atoms with Gasteiger partial charge in [0, 0.05) is 37.6 Å². The second-order valence-corrected chi connectivity index (χ2v) is 11.6. The van der Waals surface area contributed by atoms with Crippen LogP contribution in [0.1, 0.15) is 45.1 Å². The maximum absolute atomic E-state index is 14.1. The Kier molecular flexibility index (Phi) is 7.87. The van der Waals surface area contributed by atoms with Crippen molar-refractivity contribution in [3.8, 4) is 0 Å². The van der Waals surface area contributed by atoms with Crippen molar-refractivity contribution in [3.63, 3.8) is 0 Å². The Balaban J connectivity index is 2.38. The minimum Gasteiger partial charge on any atom is -0.392 e. The number of benzene rings is 2. The molecular weight excluding hydrogens is 441 g/mol. The minimum absolute atomic E-state index is 0.119. The Labute approximate surface area is 195 Å². The van der Waals surface area contributed by atoms with Gasteiger partial charge in [-0.1, -0.05) is 44.9 Å². The van der Waals surface area contributed by atoms with Crippen LogP contribution in [-0.4, -0.2) is 50.4 Å². The lowest BCUT2D eigenvalue weighted by Gasteiger charge is -2.42. The summed E-state index contributed by atoms with van der Waals surface area (Å²) in [5.74, 6) is 0. The van der Waals surface area contributed by atoms with Crippen molar-refractivity contribution in [1.29, 1.82) is 0 Å². The van der Waals surface area contributed by atoms with E-state index in [1.807, 2.05) is 62.1 Å². The first-order valence-corrected chi connectivity index (χ1v) is 14.1. The lowest BCUT2D eigenvalue weighted by Crippen LogP contribution is -2.51. The molecule has 8 heteroatoms. The summed E-state index contributed by atoms with van der Waals surface area (Å²) in [6.07, 6.45) is 3.52. The number of hydrogen-bond donors (Lipinski definition) is 1. The molecule has 6 nitrogen and oxygen atoms in total. The molecule has 1 heterocycles. The number of nitrogens with zero attached hydrogens (tertiary/aromatic N) is 3. The summed E-state index contributed by atoms with van der Waals surface area (Å²) >= 11 is 0. The summed E-state index contributed by atoms with van der Waals surface area (Å²) in [7, 11) is 0.183. The zero-order chi connectivity index (χ0) is 23.5. The molecule has 0 saturated carbocycles. The normalized spacial score (nSPS) is 21.0. The quantitative estimate of drug-likeness (QED) is 0.545. The Hall–Kier alpha value is -1.66. The van der Waals surface area contributed by atoms with Gasteiger partial charge in [-0.3, -0.25) is 0 Å². The monoisotopic (exact) mass is 477 g/mol. The largest absolute Gasteiger partial charge is 0.392 e. The van der Waals surface area contributed by atoms with Crippen molar-refractivity contribution in [2.45, 2.75) is 56.6 Å². The Morgan fingerprint density at radius 3 is 2.38 bits per heavy atom. The van der Waals surface area contributed by atoms with Gasteiger partial charge in [0.05, 0.1) is 17.8 Å². The van der Waals surface area contributed by atoms with Gasteiger partial charge in [-0.15, -0.1) is 0 Å². The van der Waals surface area contributed by atoms with E-state index in [9.17, 15) is 13.5 Å². The lowest BCUT2D eigenvalue weighted by atomic mass is 9.89. The van der Waals surface area contributed by atoms with Gasteiger partial charge in [-0.05, 0) is 52.5 Å². The molecule has 1 aliphatic heterocycles. The molecule has 1 N–H and O–H groups in total. The van der Waals surface area contributed by atoms with Gasteiger partial charge in [0.1, 0.15) is 4.90 Å². The predicted molar refractivity (Wildman–Crippen MR) is 136 cm³/mol. The fraction of sp³-hybridized carbons (Fsp3) is 0.500. The van der Waals surface area contributed by atoms with Crippen LogP contribution in [0.25, 0.3) is 0 Å². The SMILES string of the molecule is CCCCC1(CC)CN(c2ccccc2)c2cc(N(C)C)c(CO)cc2S(=O)(=O)N1PC. The number of unbranched alkanes of at least 4 members (excludes halogenated alkanes) is 1. The van der Waals surface area contributed by atoms with Crippen molar-refractivity contribution in [1.82, 2.24) is 4.08 Å². The number of fused-ring (bicyclic) bond motifs is 1. The summed E-state index contributed by atoms with van der Waals surface area (Å²) < 4.78 is 30.0.